The molecule has 2 aromatic carbocycles. The van der Waals surface area contributed by atoms with Crippen molar-refractivity contribution in [3.63, 3.8) is 0 Å². The molecule has 1 heterocycles. The average molecular weight is 382 g/mol. The summed E-state index contributed by atoms with van der Waals surface area (Å²) in [5.74, 6) is -0.619. The van der Waals surface area contributed by atoms with E-state index >= 15 is 0 Å². The molecule has 3 nitrogen and oxygen atoms in total. The summed E-state index contributed by atoms with van der Waals surface area (Å²) in [7, 11) is -3.75. The van der Waals surface area contributed by atoms with Crippen molar-refractivity contribution in [3.8, 4) is 0 Å². The summed E-state index contributed by atoms with van der Waals surface area (Å²) in [6, 6.07) is 11.3. The highest BCUT2D eigenvalue weighted by Gasteiger charge is 2.33. The van der Waals surface area contributed by atoms with Gasteiger partial charge in [-0.05, 0) is 43.5 Å². The van der Waals surface area contributed by atoms with Gasteiger partial charge in [0.05, 0.1) is 16.0 Å². The predicted octanol–water partition coefficient (Wildman–Crippen LogP) is 5.09. The van der Waals surface area contributed by atoms with Crippen LogP contribution in [-0.4, -0.2) is 19.3 Å². The summed E-state index contributed by atoms with van der Waals surface area (Å²) in [4.78, 5) is 0.0402. The second-order valence-electron chi connectivity index (χ2n) is 6.47. The number of nitrogens with zero attached hydrogens (tertiary/aromatic N) is 1. The Morgan fingerprint density at radius 3 is 2.64 bits per heavy atom. The number of hydrogen-bond acceptors (Lipinski definition) is 2. The number of rotatable bonds is 3. The molecular weight excluding hydrogens is 361 g/mol. The molecule has 134 valence electrons. The molecule has 25 heavy (non-hydrogen) atoms. The maximum Gasteiger partial charge on any atom is 0.243 e. The molecule has 1 aliphatic rings. The van der Waals surface area contributed by atoms with Gasteiger partial charge in [0.1, 0.15) is 5.82 Å². The minimum Gasteiger partial charge on any atom is -0.207 e. The van der Waals surface area contributed by atoms with Gasteiger partial charge in [0.25, 0.3) is 0 Å². The van der Waals surface area contributed by atoms with E-state index in [-0.39, 0.29) is 16.0 Å². The Bertz CT molecular complexity index is 869. The number of halogens is 2. The van der Waals surface area contributed by atoms with Gasteiger partial charge in [0.2, 0.25) is 10.0 Å². The van der Waals surface area contributed by atoms with Gasteiger partial charge < -0.3 is 0 Å². The zero-order chi connectivity index (χ0) is 18.0. The summed E-state index contributed by atoms with van der Waals surface area (Å²) in [6.07, 6.45) is 3.57. The van der Waals surface area contributed by atoms with E-state index in [2.05, 4.69) is 0 Å². The molecule has 1 fully saturated rings. The third kappa shape index (κ3) is 3.89. The van der Waals surface area contributed by atoms with E-state index in [4.69, 9.17) is 11.6 Å². The van der Waals surface area contributed by atoms with Gasteiger partial charge >= 0.3 is 0 Å². The SMILES string of the molecule is Cc1cccc([C@H]2CCCCCN2S(=O)(=O)c2ccc(F)c(Cl)c2)c1. The summed E-state index contributed by atoms with van der Waals surface area (Å²) in [5, 5.41) is -0.178. The minimum absolute atomic E-state index is 0.0402. The molecule has 1 aliphatic heterocycles. The largest absolute Gasteiger partial charge is 0.243 e. The molecule has 0 unspecified atom stereocenters. The zero-order valence-electron chi connectivity index (χ0n) is 14.1. The molecule has 2 aromatic rings. The van der Waals surface area contributed by atoms with Gasteiger partial charge in [0.15, 0.2) is 0 Å². The van der Waals surface area contributed by atoms with Crippen LogP contribution in [0.15, 0.2) is 47.4 Å². The van der Waals surface area contributed by atoms with E-state index in [1.807, 2.05) is 31.2 Å². The van der Waals surface area contributed by atoms with Crippen LogP contribution in [0.3, 0.4) is 0 Å². The lowest BCUT2D eigenvalue weighted by Gasteiger charge is -2.30. The first-order chi connectivity index (χ1) is 11.9. The second kappa shape index (κ2) is 7.44. The normalized spacial score (nSPS) is 19.6. The van der Waals surface area contributed by atoms with E-state index in [1.54, 1.807) is 4.31 Å². The fourth-order valence-corrected chi connectivity index (χ4v) is 5.31. The quantitative estimate of drug-likeness (QED) is 0.742. The predicted molar refractivity (Wildman–Crippen MR) is 97.7 cm³/mol. The molecule has 0 spiro atoms. The van der Waals surface area contributed by atoms with Gasteiger partial charge in [-0.1, -0.05) is 54.3 Å². The molecule has 0 N–H and O–H groups in total. The zero-order valence-corrected chi connectivity index (χ0v) is 15.7. The average Bonchev–Trinajstić information content (AvgIpc) is 2.83. The smallest absolute Gasteiger partial charge is 0.207 e. The highest BCUT2D eigenvalue weighted by atomic mass is 35.5. The topological polar surface area (TPSA) is 37.4 Å². The first-order valence-electron chi connectivity index (χ1n) is 8.43. The Labute approximate surface area is 153 Å². The lowest BCUT2D eigenvalue weighted by Crippen LogP contribution is -2.35. The van der Waals surface area contributed by atoms with E-state index in [0.717, 1.165) is 42.9 Å². The summed E-state index contributed by atoms with van der Waals surface area (Å²) < 4.78 is 41.4. The maximum absolute atomic E-state index is 13.4. The highest BCUT2D eigenvalue weighted by Crippen LogP contribution is 2.35. The Balaban J connectivity index is 2.04. The number of aryl methyl sites for hydroxylation is 1. The van der Waals surface area contributed by atoms with Crippen molar-refractivity contribution < 1.29 is 12.8 Å². The third-order valence-electron chi connectivity index (χ3n) is 4.63. The van der Waals surface area contributed by atoms with Crippen LogP contribution in [-0.2, 0) is 10.0 Å². The maximum atomic E-state index is 13.4. The molecule has 0 radical (unpaired) electrons. The Morgan fingerprint density at radius 2 is 1.92 bits per heavy atom. The van der Waals surface area contributed by atoms with E-state index in [9.17, 15) is 12.8 Å². The van der Waals surface area contributed by atoms with Gasteiger partial charge in [-0.2, -0.15) is 4.31 Å². The van der Waals surface area contributed by atoms with E-state index < -0.39 is 15.8 Å². The molecule has 0 aromatic heterocycles. The van der Waals surface area contributed by atoms with Gasteiger partial charge in [-0.15, -0.1) is 0 Å². The van der Waals surface area contributed by atoms with E-state index in [1.165, 1.54) is 12.1 Å². The van der Waals surface area contributed by atoms with Crippen LogP contribution in [0.25, 0.3) is 0 Å². The molecule has 3 rings (SSSR count). The molecule has 0 bridgehead atoms. The van der Waals surface area contributed by atoms with Gasteiger partial charge in [-0.25, -0.2) is 12.8 Å². The van der Waals surface area contributed by atoms with Crippen LogP contribution >= 0.6 is 11.6 Å². The lowest BCUT2D eigenvalue weighted by atomic mass is 10.0. The Hall–Kier alpha value is -1.43. The fraction of sp³-hybridized carbons (Fsp3) is 0.368. The van der Waals surface area contributed by atoms with Crippen molar-refractivity contribution in [2.75, 3.05) is 6.54 Å². The molecule has 0 aliphatic carbocycles. The lowest BCUT2D eigenvalue weighted by molar-refractivity contribution is 0.329. The molecule has 0 amide bonds. The highest BCUT2D eigenvalue weighted by molar-refractivity contribution is 7.89. The van der Waals surface area contributed by atoms with Crippen molar-refractivity contribution >= 4 is 21.6 Å². The first kappa shape index (κ1) is 18.4. The number of benzene rings is 2. The third-order valence-corrected chi connectivity index (χ3v) is 6.82. The monoisotopic (exact) mass is 381 g/mol. The van der Waals surface area contributed by atoms with Crippen LogP contribution in [0.5, 0.6) is 0 Å². The summed E-state index contributed by atoms with van der Waals surface area (Å²) in [5.41, 5.74) is 2.10. The van der Waals surface area contributed by atoms with Gasteiger partial charge in [0, 0.05) is 6.54 Å². The van der Waals surface area contributed by atoms with Crippen molar-refractivity contribution in [2.45, 2.75) is 43.5 Å². The van der Waals surface area contributed by atoms with Crippen molar-refractivity contribution in [1.29, 1.82) is 0 Å². The molecular formula is C19H21ClFNO2S. The van der Waals surface area contributed by atoms with Gasteiger partial charge in [-0.3, -0.25) is 0 Å². The molecule has 1 atom stereocenters. The standard InChI is InChI=1S/C19H21ClFNO2S/c1-14-6-5-7-15(12-14)19-8-3-2-4-11-22(19)25(23,24)16-9-10-18(21)17(20)13-16/h5-7,9-10,12-13,19H,2-4,8,11H2,1H3/t19-/m1/s1. The second-order valence-corrected chi connectivity index (χ2v) is 8.77. The summed E-state index contributed by atoms with van der Waals surface area (Å²) >= 11 is 5.81. The first-order valence-corrected chi connectivity index (χ1v) is 10.2. The van der Waals surface area contributed by atoms with Crippen LogP contribution in [0.4, 0.5) is 4.39 Å². The van der Waals surface area contributed by atoms with Crippen molar-refractivity contribution in [2.24, 2.45) is 0 Å². The van der Waals surface area contributed by atoms with E-state index in [0.29, 0.717) is 6.54 Å². The molecule has 1 saturated heterocycles. The number of sulfonamides is 1. The Morgan fingerprint density at radius 1 is 1.12 bits per heavy atom. The minimum atomic E-state index is -3.75. The van der Waals surface area contributed by atoms with Crippen LogP contribution in [0, 0.1) is 12.7 Å². The van der Waals surface area contributed by atoms with Crippen LogP contribution in [0.1, 0.15) is 42.9 Å². The number of hydrogen-bond donors (Lipinski definition) is 0. The molecule has 0 saturated carbocycles. The summed E-state index contributed by atoms with van der Waals surface area (Å²) in [6.45, 7) is 2.45. The fourth-order valence-electron chi connectivity index (χ4n) is 3.35. The van der Waals surface area contributed by atoms with Crippen LogP contribution in [0.2, 0.25) is 5.02 Å². The van der Waals surface area contributed by atoms with Crippen molar-refractivity contribution in [3.05, 3.63) is 64.4 Å². The molecule has 6 heteroatoms. The Kier molecular flexibility index (Phi) is 5.46. The van der Waals surface area contributed by atoms with Crippen molar-refractivity contribution in [1.82, 2.24) is 4.31 Å². The van der Waals surface area contributed by atoms with Crippen LogP contribution < -0.4 is 0 Å².